The quantitative estimate of drug-likeness (QED) is 0.350. The molecule has 0 saturated heterocycles. The van der Waals surface area contributed by atoms with E-state index in [-0.39, 0.29) is 75.5 Å². The number of carboxylic acids is 1. The third-order valence-corrected chi connectivity index (χ3v) is 13.7. The molecule has 7 nitrogen and oxygen atoms in total. The van der Waals surface area contributed by atoms with Crippen molar-refractivity contribution in [3.05, 3.63) is 11.6 Å². The number of methoxy groups -OCH3 is 1. The number of fused-ring (bicyclic) bond motifs is 7. The molecular weight excluding hydrogens is 532 g/mol. The monoisotopic (exact) mass is 584 g/mol. The van der Waals surface area contributed by atoms with Gasteiger partial charge in [-0.25, -0.2) is 0 Å². The summed E-state index contributed by atoms with van der Waals surface area (Å²) in [6.45, 7) is 15.9. The highest BCUT2D eigenvalue weighted by Crippen LogP contribution is 2.75. The number of aliphatic carboxylic acids is 1. The summed E-state index contributed by atoms with van der Waals surface area (Å²) in [6.07, 6.45) is 8.95. The highest BCUT2D eigenvalue weighted by Gasteiger charge is 2.71. The maximum absolute atomic E-state index is 14.6. The van der Waals surface area contributed by atoms with Gasteiger partial charge in [0.2, 0.25) is 0 Å². The molecule has 0 amide bonds. The Morgan fingerprint density at radius 1 is 0.905 bits per heavy atom. The predicted molar refractivity (Wildman–Crippen MR) is 158 cm³/mol. The average Bonchev–Trinajstić information content (AvgIpc) is 2.89. The van der Waals surface area contributed by atoms with Crippen LogP contribution in [0.25, 0.3) is 0 Å². The van der Waals surface area contributed by atoms with Crippen LogP contribution in [0.15, 0.2) is 11.6 Å². The first-order chi connectivity index (χ1) is 19.4. The molecular formula is C35H52O7. The smallest absolute Gasteiger partial charge is 0.312 e. The molecule has 8 atom stereocenters. The van der Waals surface area contributed by atoms with Gasteiger partial charge in [0.15, 0.2) is 5.78 Å². The van der Waals surface area contributed by atoms with Crippen LogP contribution in [0.1, 0.15) is 119 Å². The topological polar surface area (TPSA) is 107 Å². The highest BCUT2D eigenvalue weighted by atomic mass is 16.5. The Labute approximate surface area is 251 Å². The van der Waals surface area contributed by atoms with Gasteiger partial charge in [0.25, 0.3) is 0 Å². The normalized spacial score (nSPS) is 43.4. The number of hydrogen-bond donors (Lipinski definition) is 1. The number of carbonyl (C=O) groups is 4. The lowest BCUT2D eigenvalue weighted by atomic mass is 9.33. The molecule has 42 heavy (non-hydrogen) atoms. The summed E-state index contributed by atoms with van der Waals surface area (Å²) >= 11 is 0. The lowest BCUT2D eigenvalue weighted by molar-refractivity contribution is -0.212. The molecule has 0 aromatic carbocycles. The Hall–Kier alpha value is -2.18. The zero-order chi connectivity index (χ0) is 31.1. The van der Waals surface area contributed by atoms with Crippen molar-refractivity contribution in [3.63, 3.8) is 0 Å². The third kappa shape index (κ3) is 4.33. The van der Waals surface area contributed by atoms with Crippen molar-refractivity contribution in [2.24, 2.45) is 50.2 Å². The molecule has 7 heteroatoms. The van der Waals surface area contributed by atoms with Gasteiger partial charge in [-0.15, -0.1) is 0 Å². The van der Waals surface area contributed by atoms with Gasteiger partial charge in [-0.05, 0) is 97.4 Å². The molecule has 0 heterocycles. The SMILES string of the molecule is COC(=O)[C@]12CCC(C)(C)C[C@@H]1C1=CC(=O)[C@@H]3[C@@]4(C)CC[C@H](OC(=O)CCC(=O)O)C(C)(C)[C@@H]4CC[C@@]3(C)[C@]1(C)CC2. The summed E-state index contributed by atoms with van der Waals surface area (Å²) in [6, 6.07) is 0. The molecule has 4 saturated carbocycles. The standard InChI is InChI=1S/C35H52O7/c1-30(2)15-17-35(29(40)41-8)18-16-33(6)21(22(35)20-30)19-23(36)28-32(5)13-12-25(42-27(39)10-9-26(37)38)31(3,4)24(32)11-14-34(28,33)7/h19,22,24-25,28H,9-18,20H2,1-8H3,(H,37,38)/t22-,24+,25+,28-,32+,33-,34-,35+/m1/s1. The maximum Gasteiger partial charge on any atom is 0.312 e. The van der Waals surface area contributed by atoms with Gasteiger partial charge in [-0.3, -0.25) is 19.2 Å². The maximum atomic E-state index is 14.6. The van der Waals surface area contributed by atoms with Crippen LogP contribution in [0.4, 0.5) is 0 Å². The fourth-order valence-electron chi connectivity index (χ4n) is 11.3. The molecule has 234 valence electrons. The molecule has 0 aromatic rings. The number of allylic oxidation sites excluding steroid dienone is 2. The number of carbonyl (C=O) groups excluding carboxylic acids is 3. The van der Waals surface area contributed by atoms with E-state index in [9.17, 15) is 19.2 Å². The fourth-order valence-corrected chi connectivity index (χ4v) is 11.3. The van der Waals surface area contributed by atoms with Crippen LogP contribution in [0, 0.1) is 50.2 Å². The number of hydrogen-bond acceptors (Lipinski definition) is 6. The van der Waals surface area contributed by atoms with E-state index in [2.05, 4.69) is 48.5 Å². The average molecular weight is 585 g/mol. The van der Waals surface area contributed by atoms with E-state index in [4.69, 9.17) is 14.6 Å². The Bertz CT molecular complexity index is 1210. The Kier molecular flexibility index (Phi) is 7.38. The van der Waals surface area contributed by atoms with Crippen molar-refractivity contribution in [1.82, 2.24) is 0 Å². The molecule has 5 rings (SSSR count). The first-order valence-electron chi connectivity index (χ1n) is 16.1. The molecule has 5 aliphatic rings. The van der Waals surface area contributed by atoms with Crippen LogP contribution in [0.2, 0.25) is 0 Å². The minimum Gasteiger partial charge on any atom is -0.481 e. The number of ketones is 1. The molecule has 1 N–H and O–H groups in total. The highest BCUT2D eigenvalue weighted by molar-refractivity contribution is 5.96. The van der Waals surface area contributed by atoms with Gasteiger partial charge in [-0.2, -0.15) is 0 Å². The second-order valence-corrected chi connectivity index (χ2v) is 16.6. The first-order valence-corrected chi connectivity index (χ1v) is 16.1. The number of ether oxygens (including phenoxy) is 2. The largest absolute Gasteiger partial charge is 0.481 e. The van der Waals surface area contributed by atoms with Gasteiger partial charge < -0.3 is 14.6 Å². The Balaban J connectivity index is 1.51. The van der Waals surface area contributed by atoms with Crippen molar-refractivity contribution in [2.75, 3.05) is 7.11 Å². The third-order valence-electron chi connectivity index (χ3n) is 13.7. The molecule has 0 bridgehead atoms. The van der Waals surface area contributed by atoms with E-state index in [1.807, 2.05) is 6.08 Å². The van der Waals surface area contributed by atoms with E-state index < -0.39 is 17.4 Å². The summed E-state index contributed by atoms with van der Waals surface area (Å²) in [4.78, 5) is 51.5. The summed E-state index contributed by atoms with van der Waals surface area (Å²) < 4.78 is 11.4. The van der Waals surface area contributed by atoms with Gasteiger partial charge in [0, 0.05) is 11.3 Å². The van der Waals surface area contributed by atoms with Crippen molar-refractivity contribution < 1.29 is 33.8 Å². The molecule has 0 aromatic heterocycles. The molecule has 0 spiro atoms. The van der Waals surface area contributed by atoms with E-state index in [0.29, 0.717) is 6.42 Å². The Morgan fingerprint density at radius 2 is 1.57 bits per heavy atom. The van der Waals surface area contributed by atoms with Gasteiger partial charge >= 0.3 is 17.9 Å². The van der Waals surface area contributed by atoms with Crippen LogP contribution in [-0.4, -0.2) is 42.0 Å². The van der Waals surface area contributed by atoms with Crippen molar-refractivity contribution >= 4 is 23.7 Å². The zero-order valence-corrected chi connectivity index (χ0v) is 27.1. The molecule has 0 aliphatic heterocycles. The zero-order valence-electron chi connectivity index (χ0n) is 27.1. The lowest BCUT2D eigenvalue weighted by Crippen LogP contribution is -2.67. The van der Waals surface area contributed by atoms with E-state index in [0.717, 1.165) is 51.4 Å². The molecule has 0 radical (unpaired) electrons. The van der Waals surface area contributed by atoms with Crippen molar-refractivity contribution in [2.45, 2.75) is 125 Å². The summed E-state index contributed by atoms with van der Waals surface area (Å²) in [5.74, 6) is -1.33. The van der Waals surface area contributed by atoms with Crippen LogP contribution < -0.4 is 0 Å². The Morgan fingerprint density at radius 3 is 2.21 bits per heavy atom. The van der Waals surface area contributed by atoms with Gasteiger partial charge in [0.05, 0.1) is 25.4 Å². The van der Waals surface area contributed by atoms with Crippen molar-refractivity contribution in [1.29, 1.82) is 0 Å². The molecule has 4 fully saturated rings. The lowest BCUT2D eigenvalue weighted by Gasteiger charge is -2.70. The summed E-state index contributed by atoms with van der Waals surface area (Å²) in [5, 5.41) is 9.00. The van der Waals surface area contributed by atoms with E-state index >= 15 is 0 Å². The second-order valence-electron chi connectivity index (χ2n) is 16.6. The van der Waals surface area contributed by atoms with Gasteiger partial charge in [0.1, 0.15) is 6.10 Å². The second kappa shape index (κ2) is 9.92. The van der Waals surface area contributed by atoms with Gasteiger partial charge in [-0.1, -0.05) is 54.0 Å². The number of esters is 2. The number of carboxylic acid groups (broad SMARTS) is 1. The van der Waals surface area contributed by atoms with E-state index in [1.165, 1.54) is 12.7 Å². The predicted octanol–water partition coefficient (Wildman–Crippen LogP) is 6.92. The van der Waals surface area contributed by atoms with Crippen LogP contribution in [-0.2, 0) is 28.7 Å². The summed E-state index contributed by atoms with van der Waals surface area (Å²) in [5.41, 5.74) is -0.313. The van der Waals surface area contributed by atoms with Crippen LogP contribution in [0.5, 0.6) is 0 Å². The number of rotatable bonds is 5. The summed E-state index contributed by atoms with van der Waals surface area (Å²) in [7, 11) is 1.50. The molecule has 5 aliphatic carbocycles. The minimum atomic E-state index is -1.01. The van der Waals surface area contributed by atoms with Crippen molar-refractivity contribution in [3.8, 4) is 0 Å². The minimum absolute atomic E-state index is 0.0112. The molecule has 0 unspecified atom stereocenters. The van der Waals surface area contributed by atoms with Crippen LogP contribution in [0.3, 0.4) is 0 Å². The van der Waals surface area contributed by atoms with E-state index in [1.54, 1.807) is 0 Å². The fraction of sp³-hybridized carbons (Fsp3) is 0.829. The van der Waals surface area contributed by atoms with Crippen LogP contribution >= 0.6 is 0 Å². The first kappa shape index (κ1) is 31.3.